The van der Waals surface area contributed by atoms with Crippen molar-refractivity contribution in [2.75, 3.05) is 6.61 Å². The SMILES string of the molecule is Cc1sc2nc(C)n(CCCOc3ccc(C(=O)O)cc3)c(=O)c2c1C. The summed E-state index contributed by atoms with van der Waals surface area (Å²) in [7, 11) is 0. The largest absolute Gasteiger partial charge is 0.494 e. The lowest BCUT2D eigenvalue weighted by Crippen LogP contribution is -2.24. The fraction of sp³-hybridized carbons (Fsp3) is 0.316. The van der Waals surface area contributed by atoms with Crippen molar-refractivity contribution in [2.24, 2.45) is 0 Å². The molecule has 0 amide bonds. The lowest BCUT2D eigenvalue weighted by Gasteiger charge is -2.10. The van der Waals surface area contributed by atoms with Gasteiger partial charge in [-0.2, -0.15) is 0 Å². The molecule has 0 aliphatic carbocycles. The molecule has 0 atom stereocenters. The smallest absolute Gasteiger partial charge is 0.335 e. The topological polar surface area (TPSA) is 81.4 Å². The van der Waals surface area contributed by atoms with Crippen LogP contribution in [0.1, 0.15) is 33.0 Å². The Labute approximate surface area is 154 Å². The van der Waals surface area contributed by atoms with Crippen molar-refractivity contribution in [3.05, 3.63) is 56.4 Å². The molecule has 0 aliphatic rings. The first kappa shape index (κ1) is 18.1. The number of carboxylic acid groups (broad SMARTS) is 1. The zero-order chi connectivity index (χ0) is 18.8. The fourth-order valence-electron chi connectivity index (χ4n) is 2.80. The van der Waals surface area contributed by atoms with Crippen molar-refractivity contribution < 1.29 is 14.6 Å². The van der Waals surface area contributed by atoms with Crippen LogP contribution in [0.25, 0.3) is 10.2 Å². The van der Waals surface area contributed by atoms with Gasteiger partial charge in [0.2, 0.25) is 0 Å². The van der Waals surface area contributed by atoms with Crippen LogP contribution in [0.2, 0.25) is 0 Å². The molecule has 7 heteroatoms. The number of ether oxygens (including phenoxy) is 1. The van der Waals surface area contributed by atoms with Gasteiger partial charge in [-0.25, -0.2) is 9.78 Å². The molecular formula is C19H20N2O4S. The Kier molecular flexibility index (Phi) is 5.08. The van der Waals surface area contributed by atoms with Gasteiger partial charge in [0.05, 0.1) is 17.6 Å². The summed E-state index contributed by atoms with van der Waals surface area (Å²) in [5.41, 5.74) is 1.23. The van der Waals surface area contributed by atoms with E-state index >= 15 is 0 Å². The van der Waals surface area contributed by atoms with Crippen molar-refractivity contribution in [3.8, 4) is 5.75 Å². The molecule has 3 rings (SSSR count). The summed E-state index contributed by atoms with van der Waals surface area (Å²) < 4.78 is 7.32. The Hall–Kier alpha value is -2.67. The number of fused-ring (bicyclic) bond motifs is 1. The first-order chi connectivity index (χ1) is 12.4. The fourth-order valence-corrected chi connectivity index (χ4v) is 3.86. The number of hydrogen-bond acceptors (Lipinski definition) is 5. The Bertz CT molecular complexity index is 1020. The molecule has 0 spiro atoms. The second-order valence-electron chi connectivity index (χ2n) is 6.11. The number of aromatic nitrogens is 2. The molecule has 6 nitrogen and oxygen atoms in total. The van der Waals surface area contributed by atoms with Crippen LogP contribution < -0.4 is 10.3 Å². The molecule has 3 aromatic rings. The summed E-state index contributed by atoms with van der Waals surface area (Å²) in [5.74, 6) is 0.347. The lowest BCUT2D eigenvalue weighted by molar-refractivity contribution is 0.0697. The number of aryl methyl sites for hydroxylation is 3. The number of hydrogen-bond donors (Lipinski definition) is 1. The summed E-state index contributed by atoms with van der Waals surface area (Å²) in [6.45, 7) is 6.76. The molecule has 0 fully saturated rings. The third-order valence-electron chi connectivity index (χ3n) is 4.38. The zero-order valence-electron chi connectivity index (χ0n) is 14.9. The van der Waals surface area contributed by atoms with E-state index in [1.165, 1.54) is 12.1 Å². The van der Waals surface area contributed by atoms with Gasteiger partial charge in [-0.05, 0) is 57.0 Å². The highest BCUT2D eigenvalue weighted by atomic mass is 32.1. The van der Waals surface area contributed by atoms with Crippen molar-refractivity contribution >= 4 is 27.5 Å². The third-order valence-corrected chi connectivity index (χ3v) is 5.48. The highest BCUT2D eigenvalue weighted by molar-refractivity contribution is 7.18. The van der Waals surface area contributed by atoms with E-state index in [9.17, 15) is 9.59 Å². The molecule has 0 bridgehead atoms. The minimum Gasteiger partial charge on any atom is -0.494 e. The second kappa shape index (κ2) is 7.29. The van der Waals surface area contributed by atoms with Gasteiger partial charge in [0.15, 0.2) is 0 Å². The van der Waals surface area contributed by atoms with E-state index in [2.05, 4.69) is 4.98 Å². The summed E-state index contributed by atoms with van der Waals surface area (Å²) in [5, 5.41) is 9.60. The van der Waals surface area contributed by atoms with Gasteiger partial charge in [-0.1, -0.05) is 0 Å². The number of nitrogens with zero attached hydrogens (tertiary/aromatic N) is 2. The second-order valence-corrected chi connectivity index (χ2v) is 7.31. The Morgan fingerprint density at radius 3 is 2.58 bits per heavy atom. The molecule has 26 heavy (non-hydrogen) atoms. The van der Waals surface area contributed by atoms with Crippen molar-refractivity contribution in [1.82, 2.24) is 9.55 Å². The number of rotatable bonds is 6. The van der Waals surface area contributed by atoms with Gasteiger partial charge in [0, 0.05) is 11.4 Å². The van der Waals surface area contributed by atoms with E-state index in [0.29, 0.717) is 36.5 Å². The van der Waals surface area contributed by atoms with Gasteiger partial charge in [0.1, 0.15) is 16.4 Å². The van der Waals surface area contributed by atoms with Crippen LogP contribution in [0.4, 0.5) is 0 Å². The van der Waals surface area contributed by atoms with Crippen LogP contribution in [-0.2, 0) is 6.54 Å². The molecule has 1 aromatic carbocycles. The maximum atomic E-state index is 12.8. The number of carboxylic acids is 1. The Morgan fingerprint density at radius 1 is 1.23 bits per heavy atom. The molecular weight excluding hydrogens is 352 g/mol. The zero-order valence-corrected chi connectivity index (χ0v) is 15.7. The number of thiophene rings is 1. The normalized spacial score (nSPS) is 11.0. The molecule has 136 valence electrons. The van der Waals surface area contributed by atoms with E-state index < -0.39 is 5.97 Å². The quantitative estimate of drug-likeness (QED) is 0.669. The molecule has 0 unspecified atom stereocenters. The standard InChI is InChI=1S/C19H20N2O4S/c1-11-12(2)26-17-16(11)18(22)21(13(3)20-17)9-4-10-25-15-7-5-14(6-8-15)19(23)24/h5-8H,4,9-10H2,1-3H3,(H,23,24). The maximum Gasteiger partial charge on any atom is 0.335 e. The first-order valence-electron chi connectivity index (χ1n) is 8.31. The number of carbonyl (C=O) groups is 1. The van der Waals surface area contributed by atoms with Crippen LogP contribution in [0.15, 0.2) is 29.1 Å². The molecule has 0 saturated heterocycles. The van der Waals surface area contributed by atoms with Gasteiger partial charge in [-0.15, -0.1) is 11.3 Å². The number of benzene rings is 1. The van der Waals surface area contributed by atoms with Gasteiger partial charge in [0.25, 0.3) is 5.56 Å². The van der Waals surface area contributed by atoms with Gasteiger partial charge < -0.3 is 9.84 Å². The van der Waals surface area contributed by atoms with Crippen LogP contribution in [-0.4, -0.2) is 27.2 Å². The molecule has 2 heterocycles. The molecule has 0 radical (unpaired) electrons. The summed E-state index contributed by atoms with van der Waals surface area (Å²) in [6, 6.07) is 6.27. The third kappa shape index (κ3) is 3.48. The Balaban J connectivity index is 1.67. The van der Waals surface area contributed by atoms with E-state index in [0.717, 1.165) is 15.3 Å². The first-order valence-corrected chi connectivity index (χ1v) is 9.13. The monoisotopic (exact) mass is 372 g/mol. The predicted molar refractivity (Wildman–Crippen MR) is 102 cm³/mol. The summed E-state index contributed by atoms with van der Waals surface area (Å²) in [6.07, 6.45) is 0.650. The molecule has 0 aliphatic heterocycles. The lowest BCUT2D eigenvalue weighted by atomic mass is 10.2. The molecule has 2 aromatic heterocycles. The minimum absolute atomic E-state index is 0.000149. The van der Waals surface area contributed by atoms with Crippen LogP contribution in [0.5, 0.6) is 5.75 Å². The van der Waals surface area contributed by atoms with Crippen LogP contribution >= 0.6 is 11.3 Å². The molecule has 0 saturated carbocycles. The van der Waals surface area contributed by atoms with E-state index in [-0.39, 0.29) is 11.1 Å². The number of aromatic carboxylic acids is 1. The van der Waals surface area contributed by atoms with Crippen molar-refractivity contribution in [3.63, 3.8) is 0 Å². The van der Waals surface area contributed by atoms with E-state index in [1.54, 1.807) is 28.0 Å². The minimum atomic E-state index is -0.965. The summed E-state index contributed by atoms with van der Waals surface area (Å²) >= 11 is 1.55. The van der Waals surface area contributed by atoms with Crippen molar-refractivity contribution in [2.45, 2.75) is 33.7 Å². The summed E-state index contributed by atoms with van der Waals surface area (Å²) in [4.78, 5) is 30.1. The van der Waals surface area contributed by atoms with Gasteiger partial charge in [-0.3, -0.25) is 9.36 Å². The Morgan fingerprint density at radius 2 is 1.92 bits per heavy atom. The van der Waals surface area contributed by atoms with Crippen LogP contribution in [0, 0.1) is 20.8 Å². The van der Waals surface area contributed by atoms with Gasteiger partial charge >= 0.3 is 5.97 Å². The maximum absolute atomic E-state index is 12.8. The average Bonchev–Trinajstić information content (AvgIpc) is 2.88. The predicted octanol–water partition coefficient (Wildman–Crippen LogP) is 3.55. The average molecular weight is 372 g/mol. The van der Waals surface area contributed by atoms with Crippen molar-refractivity contribution in [1.29, 1.82) is 0 Å². The van der Waals surface area contributed by atoms with E-state index in [4.69, 9.17) is 9.84 Å². The van der Waals surface area contributed by atoms with Crippen LogP contribution in [0.3, 0.4) is 0 Å². The highest BCUT2D eigenvalue weighted by Crippen LogP contribution is 2.26. The molecule has 1 N–H and O–H groups in total. The van der Waals surface area contributed by atoms with E-state index in [1.807, 2.05) is 20.8 Å². The highest BCUT2D eigenvalue weighted by Gasteiger charge is 2.14.